The van der Waals surface area contributed by atoms with E-state index in [9.17, 15) is 18.0 Å². The Morgan fingerprint density at radius 2 is 1.60 bits per heavy atom. The third kappa shape index (κ3) is 8.53. The maximum Gasteiger partial charge on any atom is 0.264 e. The summed E-state index contributed by atoms with van der Waals surface area (Å²) in [5, 5.41) is 3.94. The van der Waals surface area contributed by atoms with Crippen molar-refractivity contribution < 1.29 is 22.7 Å². The number of anilines is 1. The number of hydrogen-bond acceptors (Lipinski definition) is 5. The molecule has 42 heavy (non-hydrogen) atoms. The first-order valence-electron chi connectivity index (χ1n) is 13.1. The number of nitrogens with zero attached hydrogens (tertiary/aromatic N) is 2. The van der Waals surface area contributed by atoms with E-state index in [0.717, 1.165) is 4.31 Å². The molecule has 0 fully saturated rings. The molecule has 0 radical (unpaired) electrons. The van der Waals surface area contributed by atoms with Gasteiger partial charge in [0.15, 0.2) is 0 Å². The van der Waals surface area contributed by atoms with Crippen LogP contribution in [0.2, 0.25) is 15.1 Å². The van der Waals surface area contributed by atoms with E-state index in [1.54, 1.807) is 43.3 Å². The van der Waals surface area contributed by atoms with Gasteiger partial charge in [0.1, 0.15) is 18.3 Å². The number of methoxy groups -OCH3 is 1. The number of rotatable bonds is 11. The standard InChI is InChI=1S/C30H34Cl3N3O5S/c1-6-27(29(38)34-30(2,3)4)35(18-20-10-11-22(32)17-26(20)33)28(37)19-36(23-9-7-8-21(31)16-23)42(39,40)25-14-12-24(41-5)13-15-25/h7-17,27H,6,18-19H2,1-5H3,(H,34,38)/t27-/m1/s1. The summed E-state index contributed by atoms with van der Waals surface area (Å²) < 4.78 is 34.1. The summed E-state index contributed by atoms with van der Waals surface area (Å²) in [7, 11) is -2.79. The van der Waals surface area contributed by atoms with Crippen LogP contribution in [0.1, 0.15) is 39.7 Å². The molecule has 8 nitrogen and oxygen atoms in total. The van der Waals surface area contributed by atoms with Gasteiger partial charge in [-0.05, 0) is 87.4 Å². The van der Waals surface area contributed by atoms with Crippen molar-refractivity contribution in [3.05, 3.63) is 87.4 Å². The number of benzene rings is 3. The number of hydrogen-bond donors (Lipinski definition) is 1. The lowest BCUT2D eigenvalue weighted by molar-refractivity contribution is -0.141. The van der Waals surface area contributed by atoms with E-state index in [0.29, 0.717) is 21.4 Å². The van der Waals surface area contributed by atoms with Crippen LogP contribution in [0.3, 0.4) is 0 Å². The Morgan fingerprint density at radius 3 is 2.14 bits per heavy atom. The van der Waals surface area contributed by atoms with E-state index in [-0.39, 0.29) is 34.5 Å². The van der Waals surface area contributed by atoms with Gasteiger partial charge in [0.05, 0.1) is 17.7 Å². The molecule has 0 aliphatic carbocycles. The number of sulfonamides is 1. The zero-order valence-electron chi connectivity index (χ0n) is 24.0. The minimum atomic E-state index is -4.26. The fraction of sp³-hybridized carbons (Fsp3) is 0.333. The monoisotopic (exact) mass is 653 g/mol. The summed E-state index contributed by atoms with van der Waals surface area (Å²) in [4.78, 5) is 28.9. The first kappa shape index (κ1) is 33.5. The maximum absolute atomic E-state index is 14.2. The first-order valence-corrected chi connectivity index (χ1v) is 15.7. The summed E-state index contributed by atoms with van der Waals surface area (Å²) in [6.45, 7) is 6.61. The minimum absolute atomic E-state index is 0.0547. The topological polar surface area (TPSA) is 96.0 Å². The van der Waals surface area contributed by atoms with Crippen LogP contribution in [0.5, 0.6) is 5.75 Å². The van der Waals surface area contributed by atoms with Crippen molar-refractivity contribution in [2.45, 2.75) is 57.1 Å². The molecule has 0 saturated carbocycles. The van der Waals surface area contributed by atoms with Crippen LogP contribution in [0, 0.1) is 0 Å². The molecular formula is C30H34Cl3N3O5S. The molecule has 0 heterocycles. The normalized spacial score (nSPS) is 12.4. The molecule has 3 aromatic rings. The molecule has 0 aliphatic heterocycles. The Balaban J connectivity index is 2.10. The van der Waals surface area contributed by atoms with Crippen molar-refractivity contribution in [2.75, 3.05) is 18.0 Å². The van der Waals surface area contributed by atoms with Crippen LogP contribution in [0.15, 0.2) is 71.6 Å². The van der Waals surface area contributed by atoms with E-state index >= 15 is 0 Å². The molecule has 0 saturated heterocycles. The van der Waals surface area contributed by atoms with Crippen LogP contribution in [0.4, 0.5) is 5.69 Å². The van der Waals surface area contributed by atoms with Gasteiger partial charge in [-0.2, -0.15) is 0 Å². The van der Waals surface area contributed by atoms with Gasteiger partial charge in [0.25, 0.3) is 10.0 Å². The zero-order valence-corrected chi connectivity index (χ0v) is 27.1. The second-order valence-corrected chi connectivity index (χ2v) is 13.7. The highest BCUT2D eigenvalue weighted by molar-refractivity contribution is 7.92. The van der Waals surface area contributed by atoms with Crippen molar-refractivity contribution in [1.82, 2.24) is 10.2 Å². The number of amides is 2. The molecule has 1 atom stereocenters. The third-order valence-corrected chi connectivity index (χ3v) is 8.87. The van der Waals surface area contributed by atoms with Crippen molar-refractivity contribution in [3.8, 4) is 5.75 Å². The summed E-state index contributed by atoms with van der Waals surface area (Å²) in [6.07, 6.45) is 0.265. The molecule has 3 rings (SSSR count). The highest BCUT2D eigenvalue weighted by atomic mass is 35.5. The quantitative estimate of drug-likeness (QED) is 0.252. The van der Waals surface area contributed by atoms with Gasteiger partial charge in [-0.1, -0.05) is 53.9 Å². The molecule has 0 aromatic heterocycles. The summed E-state index contributed by atoms with van der Waals surface area (Å²) in [5.41, 5.74) is 0.161. The number of ether oxygens (including phenoxy) is 1. The molecule has 226 valence electrons. The second-order valence-electron chi connectivity index (χ2n) is 10.6. The molecule has 3 aromatic carbocycles. The average molecular weight is 655 g/mol. The van der Waals surface area contributed by atoms with Gasteiger partial charge in [-0.3, -0.25) is 13.9 Å². The number of halogens is 3. The highest BCUT2D eigenvalue weighted by Gasteiger charge is 2.35. The minimum Gasteiger partial charge on any atom is -0.497 e. The lowest BCUT2D eigenvalue weighted by atomic mass is 10.1. The van der Waals surface area contributed by atoms with Gasteiger partial charge in [0, 0.05) is 27.2 Å². The average Bonchev–Trinajstić information content (AvgIpc) is 2.91. The summed E-state index contributed by atoms with van der Waals surface area (Å²) in [5.74, 6) is -0.522. The smallest absolute Gasteiger partial charge is 0.264 e. The van der Waals surface area contributed by atoms with Crippen molar-refractivity contribution in [3.63, 3.8) is 0 Å². The number of carbonyl (C=O) groups is 2. The van der Waals surface area contributed by atoms with Gasteiger partial charge in [0.2, 0.25) is 11.8 Å². The Hall–Kier alpha value is -2.98. The van der Waals surface area contributed by atoms with Crippen molar-refractivity contribution in [2.24, 2.45) is 0 Å². The largest absolute Gasteiger partial charge is 0.497 e. The Bertz CT molecular complexity index is 1530. The van der Waals surface area contributed by atoms with E-state index in [1.165, 1.54) is 42.3 Å². The van der Waals surface area contributed by atoms with Crippen molar-refractivity contribution >= 4 is 62.3 Å². The van der Waals surface area contributed by atoms with E-state index < -0.39 is 34.1 Å². The fourth-order valence-electron chi connectivity index (χ4n) is 4.24. The molecule has 12 heteroatoms. The molecule has 2 amide bonds. The highest BCUT2D eigenvalue weighted by Crippen LogP contribution is 2.29. The predicted molar refractivity (Wildman–Crippen MR) is 168 cm³/mol. The van der Waals surface area contributed by atoms with E-state index in [1.807, 2.05) is 20.8 Å². The third-order valence-electron chi connectivity index (χ3n) is 6.26. The number of carbonyl (C=O) groups excluding carboxylic acids is 2. The van der Waals surface area contributed by atoms with Gasteiger partial charge < -0.3 is 15.0 Å². The van der Waals surface area contributed by atoms with Gasteiger partial charge in [-0.25, -0.2) is 8.42 Å². The maximum atomic E-state index is 14.2. The second kappa shape index (κ2) is 14.0. The molecule has 1 N–H and O–H groups in total. The van der Waals surface area contributed by atoms with E-state index in [4.69, 9.17) is 39.5 Å². The molecule has 0 unspecified atom stereocenters. The van der Waals surface area contributed by atoms with Crippen LogP contribution >= 0.6 is 34.8 Å². The van der Waals surface area contributed by atoms with Crippen molar-refractivity contribution in [1.29, 1.82) is 0 Å². The Kier molecular flexibility index (Phi) is 11.2. The molecule has 0 bridgehead atoms. The Morgan fingerprint density at radius 1 is 0.952 bits per heavy atom. The van der Waals surface area contributed by atoms with Crippen LogP contribution < -0.4 is 14.4 Å². The van der Waals surface area contributed by atoms with Gasteiger partial charge >= 0.3 is 0 Å². The first-order chi connectivity index (χ1) is 19.7. The predicted octanol–water partition coefficient (Wildman–Crippen LogP) is 6.57. The molecule has 0 spiro atoms. The van der Waals surface area contributed by atoms with Crippen LogP contribution in [0.25, 0.3) is 0 Å². The lowest BCUT2D eigenvalue weighted by Crippen LogP contribution is -2.55. The van der Waals surface area contributed by atoms with E-state index in [2.05, 4.69) is 5.32 Å². The zero-order chi connectivity index (χ0) is 31.2. The van der Waals surface area contributed by atoms with Crippen LogP contribution in [-0.4, -0.2) is 50.4 Å². The summed E-state index contributed by atoms with van der Waals surface area (Å²) >= 11 is 18.8. The lowest BCUT2D eigenvalue weighted by Gasteiger charge is -2.35. The Labute approximate surface area is 262 Å². The summed E-state index contributed by atoms with van der Waals surface area (Å²) in [6, 6.07) is 15.9. The van der Waals surface area contributed by atoms with Gasteiger partial charge in [-0.15, -0.1) is 0 Å². The number of nitrogens with one attached hydrogen (secondary N) is 1. The van der Waals surface area contributed by atoms with Crippen LogP contribution in [-0.2, 0) is 26.2 Å². The molecular weight excluding hydrogens is 621 g/mol. The SMILES string of the molecule is CC[C@H](C(=O)NC(C)(C)C)N(Cc1ccc(Cl)cc1Cl)C(=O)CN(c1cccc(Cl)c1)S(=O)(=O)c1ccc(OC)cc1. The molecule has 0 aliphatic rings. The fourth-order valence-corrected chi connectivity index (χ4v) is 6.30.